The lowest BCUT2D eigenvalue weighted by Gasteiger charge is -2.22. The molecule has 7 nitrogen and oxygen atoms in total. The van der Waals surface area contributed by atoms with Crippen LogP contribution in [-0.2, 0) is 17.9 Å². The van der Waals surface area contributed by atoms with Crippen LogP contribution < -0.4 is 16.0 Å². The number of nitrogens with zero attached hydrogens (tertiary/aromatic N) is 3. The van der Waals surface area contributed by atoms with E-state index in [0.29, 0.717) is 31.5 Å². The molecule has 0 bridgehead atoms. The van der Waals surface area contributed by atoms with E-state index in [4.69, 9.17) is 0 Å². The van der Waals surface area contributed by atoms with E-state index < -0.39 is 0 Å². The summed E-state index contributed by atoms with van der Waals surface area (Å²) in [4.78, 5) is 16.4. The van der Waals surface area contributed by atoms with Crippen molar-refractivity contribution in [2.24, 2.45) is 4.99 Å². The van der Waals surface area contributed by atoms with Gasteiger partial charge in [0.25, 0.3) is 0 Å². The molecule has 1 aromatic heterocycles. The van der Waals surface area contributed by atoms with Gasteiger partial charge in [-0.05, 0) is 30.0 Å². The molecule has 1 amide bonds. The van der Waals surface area contributed by atoms with Crippen molar-refractivity contribution >= 4 is 11.9 Å². The van der Waals surface area contributed by atoms with E-state index in [1.54, 1.807) is 13.2 Å². The molecule has 0 radical (unpaired) electrons. The summed E-state index contributed by atoms with van der Waals surface area (Å²) in [7, 11) is 1.74. The molecule has 3 rings (SSSR count). The van der Waals surface area contributed by atoms with Crippen LogP contribution in [0.1, 0.15) is 49.7 Å². The predicted molar refractivity (Wildman–Crippen MR) is 116 cm³/mol. The highest BCUT2D eigenvalue weighted by Gasteiger charge is 2.15. The lowest BCUT2D eigenvalue weighted by Crippen LogP contribution is -2.41. The van der Waals surface area contributed by atoms with Crippen LogP contribution in [-0.4, -0.2) is 41.3 Å². The standard InChI is InChI=1S/C22H32N6O/c1-23-22(24-14-12-21(29)27-20-10-3-2-4-11-20)25-16-18-8-5-6-9-19(18)17-28-15-7-13-26-28/h5-9,13,15,20H,2-4,10-12,14,16-17H2,1H3,(H,27,29)(H2,23,24,25). The second-order valence-electron chi connectivity index (χ2n) is 7.48. The summed E-state index contributed by atoms with van der Waals surface area (Å²) < 4.78 is 1.91. The lowest BCUT2D eigenvalue weighted by molar-refractivity contribution is -0.121. The molecule has 0 aliphatic heterocycles. The van der Waals surface area contributed by atoms with Crippen LogP contribution >= 0.6 is 0 Å². The monoisotopic (exact) mass is 396 g/mol. The van der Waals surface area contributed by atoms with Crippen molar-refractivity contribution in [3.8, 4) is 0 Å². The number of aliphatic imine (C=N–C) groups is 1. The number of guanidine groups is 1. The Hall–Kier alpha value is -2.83. The summed E-state index contributed by atoms with van der Waals surface area (Å²) in [5, 5.41) is 14.0. The smallest absolute Gasteiger partial charge is 0.221 e. The summed E-state index contributed by atoms with van der Waals surface area (Å²) in [6.07, 6.45) is 10.2. The molecule has 1 aliphatic rings. The molecule has 1 aromatic carbocycles. The topological polar surface area (TPSA) is 83.3 Å². The molecule has 1 aliphatic carbocycles. The summed E-state index contributed by atoms with van der Waals surface area (Å²) >= 11 is 0. The molecule has 2 aromatic rings. The third-order valence-corrected chi connectivity index (χ3v) is 5.29. The van der Waals surface area contributed by atoms with E-state index in [0.717, 1.165) is 19.4 Å². The molecule has 1 heterocycles. The number of carbonyl (C=O) groups excluding carboxylic acids is 1. The third kappa shape index (κ3) is 6.93. The molecule has 1 fully saturated rings. The van der Waals surface area contributed by atoms with Crippen molar-refractivity contribution in [2.45, 2.75) is 57.7 Å². The maximum atomic E-state index is 12.1. The van der Waals surface area contributed by atoms with Crippen LogP contribution in [0.25, 0.3) is 0 Å². The van der Waals surface area contributed by atoms with Gasteiger partial charge in [0, 0.05) is 45.0 Å². The van der Waals surface area contributed by atoms with Crippen molar-refractivity contribution in [3.63, 3.8) is 0 Å². The molecule has 0 spiro atoms. The average molecular weight is 397 g/mol. The zero-order chi connectivity index (χ0) is 20.3. The van der Waals surface area contributed by atoms with Crippen molar-refractivity contribution in [2.75, 3.05) is 13.6 Å². The van der Waals surface area contributed by atoms with Crippen molar-refractivity contribution in [3.05, 3.63) is 53.9 Å². The highest BCUT2D eigenvalue weighted by molar-refractivity contribution is 5.81. The van der Waals surface area contributed by atoms with E-state index in [1.807, 2.05) is 29.1 Å². The Kier molecular flexibility index (Phi) is 8.10. The number of rotatable bonds is 8. The molecular weight excluding hydrogens is 364 g/mol. The first kappa shape index (κ1) is 20.9. The van der Waals surface area contributed by atoms with Gasteiger partial charge in [-0.3, -0.25) is 14.5 Å². The largest absolute Gasteiger partial charge is 0.356 e. The Morgan fingerprint density at radius 2 is 1.93 bits per heavy atom. The third-order valence-electron chi connectivity index (χ3n) is 5.29. The second-order valence-corrected chi connectivity index (χ2v) is 7.48. The fourth-order valence-corrected chi connectivity index (χ4v) is 3.69. The summed E-state index contributed by atoms with van der Waals surface area (Å²) in [5.41, 5.74) is 2.41. The van der Waals surface area contributed by atoms with Crippen LogP contribution in [0.3, 0.4) is 0 Å². The lowest BCUT2D eigenvalue weighted by atomic mass is 9.95. The Bertz CT molecular complexity index is 780. The molecule has 0 unspecified atom stereocenters. The molecular formula is C22H32N6O. The summed E-state index contributed by atoms with van der Waals surface area (Å²) in [5.74, 6) is 0.814. The first-order valence-electron chi connectivity index (χ1n) is 10.5. The number of hydrogen-bond donors (Lipinski definition) is 3. The van der Waals surface area contributed by atoms with E-state index >= 15 is 0 Å². The highest BCUT2D eigenvalue weighted by Crippen LogP contribution is 2.17. The Morgan fingerprint density at radius 3 is 2.66 bits per heavy atom. The van der Waals surface area contributed by atoms with Gasteiger partial charge in [0.1, 0.15) is 0 Å². The summed E-state index contributed by atoms with van der Waals surface area (Å²) in [6.45, 7) is 1.96. The molecule has 7 heteroatoms. The van der Waals surface area contributed by atoms with Crippen molar-refractivity contribution in [1.29, 1.82) is 0 Å². The minimum atomic E-state index is 0.115. The number of amides is 1. The van der Waals surface area contributed by atoms with E-state index in [9.17, 15) is 4.79 Å². The van der Waals surface area contributed by atoms with Gasteiger partial charge in [-0.15, -0.1) is 0 Å². The first-order valence-corrected chi connectivity index (χ1v) is 10.5. The van der Waals surface area contributed by atoms with Crippen LogP contribution in [0.4, 0.5) is 0 Å². The van der Waals surface area contributed by atoms with Gasteiger partial charge in [-0.1, -0.05) is 43.5 Å². The predicted octanol–water partition coefficient (Wildman–Crippen LogP) is 2.44. The number of hydrogen-bond acceptors (Lipinski definition) is 3. The zero-order valence-electron chi connectivity index (χ0n) is 17.2. The second kappa shape index (κ2) is 11.2. The van der Waals surface area contributed by atoms with E-state index in [2.05, 4.69) is 38.2 Å². The highest BCUT2D eigenvalue weighted by atomic mass is 16.1. The molecule has 0 atom stereocenters. The molecule has 0 saturated heterocycles. The maximum absolute atomic E-state index is 12.1. The van der Waals surface area contributed by atoms with Crippen molar-refractivity contribution in [1.82, 2.24) is 25.7 Å². The van der Waals surface area contributed by atoms with Crippen LogP contribution in [0.2, 0.25) is 0 Å². The fourth-order valence-electron chi connectivity index (χ4n) is 3.69. The van der Waals surface area contributed by atoms with Crippen LogP contribution in [0.5, 0.6) is 0 Å². The number of benzene rings is 1. The van der Waals surface area contributed by atoms with E-state index in [1.165, 1.54) is 30.4 Å². The molecule has 29 heavy (non-hydrogen) atoms. The van der Waals surface area contributed by atoms with Gasteiger partial charge >= 0.3 is 0 Å². The van der Waals surface area contributed by atoms with Gasteiger partial charge in [0.05, 0.1) is 6.54 Å². The van der Waals surface area contributed by atoms with Gasteiger partial charge in [-0.25, -0.2) is 0 Å². The quantitative estimate of drug-likeness (QED) is 0.473. The maximum Gasteiger partial charge on any atom is 0.221 e. The van der Waals surface area contributed by atoms with Crippen molar-refractivity contribution < 1.29 is 4.79 Å². The number of nitrogens with one attached hydrogen (secondary N) is 3. The Balaban J connectivity index is 1.42. The van der Waals surface area contributed by atoms with E-state index in [-0.39, 0.29) is 5.91 Å². The van der Waals surface area contributed by atoms with Gasteiger partial charge in [0.15, 0.2) is 5.96 Å². The van der Waals surface area contributed by atoms with Gasteiger partial charge < -0.3 is 16.0 Å². The summed E-state index contributed by atoms with van der Waals surface area (Å²) in [6, 6.07) is 10.6. The Morgan fingerprint density at radius 1 is 1.14 bits per heavy atom. The molecule has 3 N–H and O–H groups in total. The fraction of sp³-hybridized carbons (Fsp3) is 0.500. The van der Waals surface area contributed by atoms with Crippen LogP contribution in [0.15, 0.2) is 47.7 Å². The normalized spacial score (nSPS) is 15.1. The minimum Gasteiger partial charge on any atom is -0.356 e. The minimum absolute atomic E-state index is 0.115. The molecule has 1 saturated carbocycles. The molecule has 156 valence electrons. The van der Waals surface area contributed by atoms with Gasteiger partial charge in [-0.2, -0.15) is 5.10 Å². The number of aromatic nitrogens is 2. The van der Waals surface area contributed by atoms with Crippen LogP contribution in [0, 0.1) is 0 Å². The van der Waals surface area contributed by atoms with Gasteiger partial charge in [0.2, 0.25) is 5.91 Å². The average Bonchev–Trinajstić information content (AvgIpc) is 3.25. The SMILES string of the molecule is CN=C(NCCC(=O)NC1CCCCC1)NCc1ccccc1Cn1cccn1. The Labute approximate surface area is 173 Å². The zero-order valence-corrected chi connectivity index (χ0v) is 17.2. The number of carbonyl (C=O) groups is 1. The first-order chi connectivity index (χ1) is 14.2.